The lowest BCUT2D eigenvalue weighted by atomic mass is 10.1. The second kappa shape index (κ2) is 3.55. The van der Waals surface area contributed by atoms with E-state index in [2.05, 4.69) is 10.3 Å². The van der Waals surface area contributed by atoms with E-state index in [9.17, 15) is 0 Å². The molecule has 0 bridgehead atoms. The molecule has 3 nitrogen and oxygen atoms in total. The van der Waals surface area contributed by atoms with Crippen molar-refractivity contribution in [3.8, 4) is 0 Å². The number of nitrogens with two attached hydrogens (primary N) is 1. The molecule has 0 aliphatic carbocycles. The molecular weight excluding hydrogens is 138 g/mol. The lowest BCUT2D eigenvalue weighted by molar-refractivity contribution is 0.494. The van der Waals surface area contributed by atoms with Gasteiger partial charge in [0.05, 0.1) is 6.04 Å². The molecule has 1 heterocycles. The van der Waals surface area contributed by atoms with Crippen molar-refractivity contribution in [2.45, 2.75) is 19.0 Å². The van der Waals surface area contributed by atoms with Crippen molar-refractivity contribution in [2.24, 2.45) is 5.73 Å². The van der Waals surface area contributed by atoms with E-state index in [1.807, 2.05) is 32.3 Å². The lowest BCUT2D eigenvalue weighted by Crippen LogP contribution is -2.33. The number of aromatic amines is 1. The van der Waals surface area contributed by atoms with Gasteiger partial charge < -0.3 is 16.0 Å². The monoisotopic (exact) mass is 153 g/mol. The molecule has 0 spiro atoms. The highest BCUT2D eigenvalue weighted by Crippen LogP contribution is 2.11. The van der Waals surface area contributed by atoms with E-state index in [-0.39, 0.29) is 12.1 Å². The molecule has 2 atom stereocenters. The Labute approximate surface area is 67.0 Å². The molecule has 0 radical (unpaired) electrons. The van der Waals surface area contributed by atoms with Gasteiger partial charge in [0.25, 0.3) is 0 Å². The maximum Gasteiger partial charge on any atom is 0.0621 e. The number of likely N-dealkylation sites (N-methyl/N-ethyl adjacent to an activating group) is 1. The summed E-state index contributed by atoms with van der Waals surface area (Å²) in [7, 11) is 1.91. The third kappa shape index (κ3) is 1.82. The summed E-state index contributed by atoms with van der Waals surface area (Å²) in [5.74, 6) is 0. The van der Waals surface area contributed by atoms with Gasteiger partial charge in [-0.25, -0.2) is 0 Å². The Kier molecular flexibility index (Phi) is 2.68. The fourth-order valence-electron chi connectivity index (χ4n) is 1.24. The van der Waals surface area contributed by atoms with E-state index >= 15 is 0 Å². The Balaban J connectivity index is 2.71. The van der Waals surface area contributed by atoms with Gasteiger partial charge in [-0.15, -0.1) is 0 Å². The SMILES string of the molecule is CNC(c1ccc[nH]1)C(C)N. The van der Waals surface area contributed by atoms with E-state index in [0.717, 1.165) is 5.69 Å². The summed E-state index contributed by atoms with van der Waals surface area (Å²) in [6.45, 7) is 1.99. The first-order valence-electron chi connectivity index (χ1n) is 3.82. The lowest BCUT2D eigenvalue weighted by Gasteiger charge is -2.18. The number of hydrogen-bond donors (Lipinski definition) is 3. The fraction of sp³-hybridized carbons (Fsp3) is 0.500. The normalized spacial score (nSPS) is 16.3. The maximum atomic E-state index is 5.76. The minimum atomic E-state index is 0.124. The third-order valence-corrected chi connectivity index (χ3v) is 1.79. The summed E-state index contributed by atoms with van der Waals surface area (Å²) in [4.78, 5) is 3.13. The Hall–Kier alpha value is -0.800. The fourth-order valence-corrected chi connectivity index (χ4v) is 1.24. The topological polar surface area (TPSA) is 53.8 Å². The highest BCUT2D eigenvalue weighted by molar-refractivity contribution is 5.10. The number of hydrogen-bond acceptors (Lipinski definition) is 2. The number of H-pyrrole nitrogens is 1. The van der Waals surface area contributed by atoms with E-state index in [4.69, 9.17) is 5.73 Å². The van der Waals surface area contributed by atoms with E-state index in [1.54, 1.807) is 0 Å². The van der Waals surface area contributed by atoms with E-state index in [1.165, 1.54) is 0 Å². The van der Waals surface area contributed by atoms with Gasteiger partial charge in [0.1, 0.15) is 0 Å². The van der Waals surface area contributed by atoms with Crippen LogP contribution in [0.3, 0.4) is 0 Å². The van der Waals surface area contributed by atoms with Gasteiger partial charge in [-0.05, 0) is 26.1 Å². The summed E-state index contributed by atoms with van der Waals surface area (Å²) in [6.07, 6.45) is 1.90. The van der Waals surface area contributed by atoms with Crippen molar-refractivity contribution in [3.05, 3.63) is 24.0 Å². The summed E-state index contributed by atoms with van der Waals surface area (Å²) >= 11 is 0. The second-order valence-electron chi connectivity index (χ2n) is 2.75. The molecule has 11 heavy (non-hydrogen) atoms. The van der Waals surface area contributed by atoms with Crippen LogP contribution in [-0.4, -0.2) is 18.1 Å². The van der Waals surface area contributed by atoms with Crippen LogP contribution in [0.2, 0.25) is 0 Å². The molecule has 0 aliphatic rings. The molecule has 0 amide bonds. The second-order valence-corrected chi connectivity index (χ2v) is 2.75. The molecule has 0 aliphatic heterocycles. The van der Waals surface area contributed by atoms with Crippen molar-refractivity contribution >= 4 is 0 Å². The zero-order chi connectivity index (χ0) is 8.27. The van der Waals surface area contributed by atoms with Crippen molar-refractivity contribution in [1.29, 1.82) is 0 Å². The predicted octanol–water partition coefficient (Wildman–Crippen LogP) is 0.622. The number of nitrogens with one attached hydrogen (secondary N) is 2. The van der Waals surface area contributed by atoms with Crippen molar-refractivity contribution < 1.29 is 0 Å². The van der Waals surface area contributed by atoms with Crippen LogP contribution in [0, 0.1) is 0 Å². The Morgan fingerprint density at radius 1 is 1.64 bits per heavy atom. The number of rotatable bonds is 3. The average molecular weight is 153 g/mol. The van der Waals surface area contributed by atoms with Gasteiger partial charge in [0.15, 0.2) is 0 Å². The Morgan fingerprint density at radius 2 is 2.36 bits per heavy atom. The molecule has 0 saturated carbocycles. The summed E-state index contributed by atoms with van der Waals surface area (Å²) in [5, 5.41) is 3.15. The first-order valence-corrected chi connectivity index (χ1v) is 3.82. The standard InChI is InChI=1S/C8H15N3/c1-6(9)8(10-2)7-4-3-5-11-7/h3-6,8,10-11H,9H2,1-2H3. The third-order valence-electron chi connectivity index (χ3n) is 1.79. The smallest absolute Gasteiger partial charge is 0.0621 e. The molecule has 0 fully saturated rings. The predicted molar refractivity (Wildman–Crippen MR) is 46.2 cm³/mol. The van der Waals surface area contributed by atoms with Gasteiger partial charge in [-0.2, -0.15) is 0 Å². The van der Waals surface area contributed by atoms with E-state index < -0.39 is 0 Å². The van der Waals surface area contributed by atoms with Crippen molar-refractivity contribution in [3.63, 3.8) is 0 Å². The van der Waals surface area contributed by atoms with Crippen LogP contribution in [0.1, 0.15) is 18.7 Å². The largest absolute Gasteiger partial charge is 0.364 e. The highest BCUT2D eigenvalue weighted by atomic mass is 14.9. The number of aromatic nitrogens is 1. The Bertz CT molecular complexity index is 191. The molecule has 1 aromatic heterocycles. The molecule has 4 N–H and O–H groups in total. The zero-order valence-corrected chi connectivity index (χ0v) is 6.96. The molecule has 2 unspecified atom stereocenters. The minimum absolute atomic E-state index is 0.124. The van der Waals surface area contributed by atoms with Gasteiger partial charge in [0, 0.05) is 17.9 Å². The molecule has 1 aromatic rings. The molecular formula is C8H15N3. The van der Waals surface area contributed by atoms with Gasteiger partial charge in [-0.1, -0.05) is 0 Å². The molecule has 0 saturated heterocycles. The van der Waals surface area contributed by atoms with Crippen LogP contribution in [-0.2, 0) is 0 Å². The van der Waals surface area contributed by atoms with Crippen LogP contribution >= 0.6 is 0 Å². The molecule has 62 valence electrons. The Morgan fingerprint density at radius 3 is 2.73 bits per heavy atom. The quantitative estimate of drug-likeness (QED) is 0.596. The van der Waals surface area contributed by atoms with Gasteiger partial charge >= 0.3 is 0 Å². The van der Waals surface area contributed by atoms with Crippen molar-refractivity contribution in [1.82, 2.24) is 10.3 Å². The van der Waals surface area contributed by atoms with Crippen LogP contribution in [0.4, 0.5) is 0 Å². The minimum Gasteiger partial charge on any atom is -0.364 e. The molecule has 3 heteroatoms. The van der Waals surface area contributed by atoms with Crippen molar-refractivity contribution in [2.75, 3.05) is 7.05 Å². The average Bonchev–Trinajstić information content (AvgIpc) is 2.40. The maximum absolute atomic E-state index is 5.76. The molecule has 0 aromatic carbocycles. The first-order chi connectivity index (χ1) is 5.25. The first kappa shape index (κ1) is 8.30. The van der Waals surface area contributed by atoms with Crippen LogP contribution < -0.4 is 11.1 Å². The van der Waals surface area contributed by atoms with Crippen LogP contribution in [0.15, 0.2) is 18.3 Å². The summed E-state index contributed by atoms with van der Waals surface area (Å²) in [5.41, 5.74) is 6.90. The van der Waals surface area contributed by atoms with E-state index in [0.29, 0.717) is 0 Å². The van der Waals surface area contributed by atoms with Crippen LogP contribution in [0.5, 0.6) is 0 Å². The zero-order valence-electron chi connectivity index (χ0n) is 6.96. The highest BCUT2D eigenvalue weighted by Gasteiger charge is 2.13. The summed E-state index contributed by atoms with van der Waals surface area (Å²) in [6, 6.07) is 4.36. The van der Waals surface area contributed by atoms with Crippen LogP contribution in [0.25, 0.3) is 0 Å². The molecule has 1 rings (SSSR count). The summed E-state index contributed by atoms with van der Waals surface area (Å²) < 4.78 is 0. The van der Waals surface area contributed by atoms with Gasteiger partial charge in [-0.3, -0.25) is 0 Å². The van der Waals surface area contributed by atoms with Gasteiger partial charge in [0.2, 0.25) is 0 Å².